The van der Waals surface area contributed by atoms with E-state index in [1.807, 2.05) is 30.3 Å². The first-order chi connectivity index (χ1) is 15.6. The molecular formula is C24H25N3O5. The predicted octanol–water partition coefficient (Wildman–Crippen LogP) is 3.71. The Morgan fingerprint density at radius 1 is 1.09 bits per heavy atom. The number of ether oxygens (including phenoxy) is 2. The number of methoxy groups -OCH3 is 1. The molecule has 1 aromatic heterocycles. The number of carbonyl (C=O) groups is 1. The van der Waals surface area contributed by atoms with Gasteiger partial charge in [0.25, 0.3) is 5.69 Å². The second-order valence-electron chi connectivity index (χ2n) is 7.63. The van der Waals surface area contributed by atoms with Crippen molar-refractivity contribution < 1.29 is 19.2 Å². The van der Waals surface area contributed by atoms with E-state index >= 15 is 0 Å². The van der Waals surface area contributed by atoms with Gasteiger partial charge < -0.3 is 14.0 Å². The van der Waals surface area contributed by atoms with Gasteiger partial charge in [0.05, 0.1) is 25.2 Å². The van der Waals surface area contributed by atoms with Crippen LogP contribution in [0.2, 0.25) is 0 Å². The zero-order valence-corrected chi connectivity index (χ0v) is 17.9. The highest BCUT2D eigenvalue weighted by Crippen LogP contribution is 2.31. The molecule has 0 spiro atoms. The Hall–Kier alpha value is -3.49. The number of esters is 1. The third-order valence-corrected chi connectivity index (χ3v) is 5.64. The second-order valence-corrected chi connectivity index (χ2v) is 7.63. The van der Waals surface area contributed by atoms with Gasteiger partial charge in [-0.2, -0.15) is 0 Å². The molecule has 4 rings (SSSR count). The second kappa shape index (κ2) is 9.76. The maximum atomic E-state index is 12.5. The molecule has 1 saturated heterocycles. The first-order valence-corrected chi connectivity index (χ1v) is 10.5. The molecule has 0 atom stereocenters. The van der Waals surface area contributed by atoms with Crippen LogP contribution < -0.4 is 0 Å². The maximum Gasteiger partial charge on any atom is 0.355 e. The van der Waals surface area contributed by atoms with Crippen LogP contribution in [0.1, 0.15) is 16.1 Å². The third kappa shape index (κ3) is 4.71. The number of rotatable bonds is 7. The number of nitro benzene ring substituents is 1. The lowest BCUT2D eigenvalue weighted by Crippen LogP contribution is -2.37. The molecular weight excluding hydrogens is 410 g/mol. The van der Waals surface area contributed by atoms with E-state index in [0.717, 1.165) is 56.0 Å². The van der Waals surface area contributed by atoms with Gasteiger partial charge in [-0.25, -0.2) is 4.79 Å². The Bertz CT molecular complexity index is 1100. The number of hydrogen-bond acceptors (Lipinski definition) is 6. The molecule has 0 radical (unpaired) electrons. The standard InChI is InChI=1S/C24H25N3O5/c1-31-24(28)23-16-20(19-5-3-2-4-6-19)17-26(23)22-15-18(7-8-21(22)27(29)30)9-10-25-11-13-32-14-12-25/h2-8,15-17H,9-14H2,1H3. The quantitative estimate of drug-likeness (QED) is 0.319. The third-order valence-electron chi connectivity index (χ3n) is 5.64. The molecule has 1 aliphatic rings. The minimum absolute atomic E-state index is 0.0690. The van der Waals surface area contributed by atoms with Crippen LogP contribution in [0.4, 0.5) is 5.69 Å². The number of aromatic nitrogens is 1. The molecule has 0 N–H and O–H groups in total. The molecule has 0 aliphatic carbocycles. The summed E-state index contributed by atoms with van der Waals surface area (Å²) >= 11 is 0. The minimum Gasteiger partial charge on any atom is -0.464 e. The van der Waals surface area contributed by atoms with Crippen molar-refractivity contribution in [2.75, 3.05) is 40.0 Å². The fourth-order valence-electron chi connectivity index (χ4n) is 3.90. The van der Waals surface area contributed by atoms with Crippen molar-refractivity contribution in [2.45, 2.75) is 6.42 Å². The molecule has 8 heteroatoms. The Morgan fingerprint density at radius 2 is 1.84 bits per heavy atom. The van der Waals surface area contributed by atoms with E-state index < -0.39 is 10.9 Å². The lowest BCUT2D eigenvalue weighted by molar-refractivity contribution is -0.384. The summed E-state index contributed by atoms with van der Waals surface area (Å²) in [6, 6.07) is 16.3. The summed E-state index contributed by atoms with van der Waals surface area (Å²) in [5, 5.41) is 11.8. The van der Waals surface area contributed by atoms with Crippen molar-refractivity contribution in [2.24, 2.45) is 0 Å². The average molecular weight is 435 g/mol. The molecule has 0 amide bonds. The van der Waals surface area contributed by atoms with Crippen LogP contribution >= 0.6 is 0 Å². The topological polar surface area (TPSA) is 86.8 Å². The molecule has 3 aromatic rings. The monoisotopic (exact) mass is 435 g/mol. The number of carbonyl (C=O) groups excluding carboxylic acids is 1. The van der Waals surface area contributed by atoms with Crippen molar-refractivity contribution in [1.29, 1.82) is 0 Å². The largest absolute Gasteiger partial charge is 0.464 e. The van der Waals surface area contributed by atoms with Gasteiger partial charge in [0.15, 0.2) is 0 Å². The van der Waals surface area contributed by atoms with Gasteiger partial charge in [0.2, 0.25) is 0 Å². The minimum atomic E-state index is -0.555. The Balaban J connectivity index is 1.73. The van der Waals surface area contributed by atoms with Gasteiger partial charge in [-0.05, 0) is 29.7 Å². The van der Waals surface area contributed by atoms with Crippen LogP contribution in [-0.4, -0.2) is 60.3 Å². The van der Waals surface area contributed by atoms with E-state index in [-0.39, 0.29) is 11.4 Å². The highest BCUT2D eigenvalue weighted by atomic mass is 16.6. The van der Waals surface area contributed by atoms with E-state index in [2.05, 4.69) is 4.90 Å². The van der Waals surface area contributed by atoms with Crippen molar-refractivity contribution in [3.63, 3.8) is 0 Å². The Morgan fingerprint density at radius 3 is 2.53 bits per heavy atom. The highest BCUT2D eigenvalue weighted by Gasteiger charge is 2.23. The fraction of sp³-hybridized carbons (Fsp3) is 0.292. The molecule has 32 heavy (non-hydrogen) atoms. The van der Waals surface area contributed by atoms with Crippen LogP contribution in [0.25, 0.3) is 16.8 Å². The van der Waals surface area contributed by atoms with Crippen LogP contribution in [0.5, 0.6) is 0 Å². The van der Waals surface area contributed by atoms with Gasteiger partial charge in [-0.15, -0.1) is 0 Å². The lowest BCUT2D eigenvalue weighted by atomic mass is 10.1. The van der Waals surface area contributed by atoms with Gasteiger partial charge in [0, 0.05) is 37.5 Å². The van der Waals surface area contributed by atoms with Crippen molar-refractivity contribution in [3.8, 4) is 16.8 Å². The van der Waals surface area contributed by atoms with Crippen molar-refractivity contribution in [1.82, 2.24) is 9.47 Å². The Labute approximate surface area is 186 Å². The van der Waals surface area contributed by atoms with Gasteiger partial charge in [0.1, 0.15) is 11.4 Å². The van der Waals surface area contributed by atoms with E-state index in [9.17, 15) is 14.9 Å². The summed E-state index contributed by atoms with van der Waals surface area (Å²) in [4.78, 5) is 26.2. The molecule has 2 heterocycles. The summed E-state index contributed by atoms with van der Waals surface area (Å²) in [5.41, 5.74) is 3.15. The van der Waals surface area contributed by atoms with Crippen LogP contribution in [0, 0.1) is 10.1 Å². The fourth-order valence-corrected chi connectivity index (χ4v) is 3.90. The van der Waals surface area contributed by atoms with Crippen LogP contribution in [-0.2, 0) is 15.9 Å². The summed E-state index contributed by atoms with van der Waals surface area (Å²) < 4.78 is 11.9. The summed E-state index contributed by atoms with van der Waals surface area (Å²) in [7, 11) is 1.30. The molecule has 2 aromatic carbocycles. The van der Waals surface area contributed by atoms with E-state index in [0.29, 0.717) is 5.69 Å². The number of hydrogen-bond donors (Lipinski definition) is 0. The van der Waals surface area contributed by atoms with Gasteiger partial charge in [-0.1, -0.05) is 36.4 Å². The zero-order chi connectivity index (χ0) is 22.5. The number of morpholine rings is 1. The Kier molecular flexibility index (Phi) is 6.63. The average Bonchev–Trinajstić information content (AvgIpc) is 3.28. The van der Waals surface area contributed by atoms with Crippen LogP contribution in [0.15, 0.2) is 60.8 Å². The first-order valence-electron chi connectivity index (χ1n) is 10.5. The van der Waals surface area contributed by atoms with E-state index in [4.69, 9.17) is 9.47 Å². The maximum absolute atomic E-state index is 12.5. The van der Waals surface area contributed by atoms with E-state index in [1.165, 1.54) is 13.2 Å². The number of nitrogens with zero attached hydrogens (tertiary/aromatic N) is 3. The molecule has 1 aliphatic heterocycles. The zero-order valence-electron chi connectivity index (χ0n) is 17.9. The van der Waals surface area contributed by atoms with Crippen molar-refractivity contribution >= 4 is 11.7 Å². The highest BCUT2D eigenvalue weighted by molar-refractivity contribution is 5.91. The molecule has 0 bridgehead atoms. The molecule has 1 fully saturated rings. The number of benzene rings is 2. The smallest absolute Gasteiger partial charge is 0.355 e. The van der Waals surface area contributed by atoms with Gasteiger partial charge in [-0.3, -0.25) is 15.0 Å². The van der Waals surface area contributed by atoms with E-state index in [1.54, 1.807) is 29.0 Å². The summed E-state index contributed by atoms with van der Waals surface area (Å²) in [6.07, 6.45) is 2.49. The SMILES string of the molecule is COC(=O)c1cc(-c2ccccc2)cn1-c1cc(CCN2CCOCC2)ccc1[N+](=O)[O-]. The molecule has 0 unspecified atom stereocenters. The summed E-state index contributed by atoms with van der Waals surface area (Å²) in [6.45, 7) is 4.04. The molecule has 0 saturated carbocycles. The predicted molar refractivity (Wildman–Crippen MR) is 120 cm³/mol. The first kappa shape index (κ1) is 21.7. The normalized spacial score (nSPS) is 14.3. The van der Waals surface area contributed by atoms with Crippen molar-refractivity contribution in [3.05, 3.63) is 82.2 Å². The summed E-state index contributed by atoms with van der Waals surface area (Å²) in [5.74, 6) is -0.555. The molecule has 8 nitrogen and oxygen atoms in total. The number of nitro groups is 1. The molecule has 166 valence electrons. The van der Waals surface area contributed by atoms with Gasteiger partial charge >= 0.3 is 5.97 Å². The lowest BCUT2D eigenvalue weighted by Gasteiger charge is -2.26. The van der Waals surface area contributed by atoms with Crippen LogP contribution in [0.3, 0.4) is 0 Å².